The summed E-state index contributed by atoms with van der Waals surface area (Å²) in [5, 5.41) is 1.07. The summed E-state index contributed by atoms with van der Waals surface area (Å²) in [5.41, 5.74) is 7.28. The number of nitrogens with zero attached hydrogens (tertiary/aromatic N) is 1. The molecule has 2 rings (SSSR count). The summed E-state index contributed by atoms with van der Waals surface area (Å²) >= 11 is 0. The number of nitrogens with two attached hydrogens (primary N) is 1. The first-order chi connectivity index (χ1) is 9.35. The maximum absolute atomic E-state index is 11.9. The maximum atomic E-state index is 11.9. The highest BCUT2D eigenvalue weighted by Crippen LogP contribution is 2.15. The fraction of sp³-hybridized carbons (Fsp3) is 0.375. The summed E-state index contributed by atoms with van der Waals surface area (Å²) in [6.07, 6.45) is 2.20. The van der Waals surface area contributed by atoms with Crippen LogP contribution in [-0.4, -0.2) is 22.6 Å². The predicted octanol–water partition coefficient (Wildman–Crippen LogP) is 2.45. The van der Waals surface area contributed by atoms with Crippen LogP contribution >= 0.6 is 0 Å². The van der Waals surface area contributed by atoms with E-state index in [1.807, 2.05) is 51.1 Å². The predicted molar refractivity (Wildman–Crippen MR) is 79.3 cm³/mol. The lowest BCUT2D eigenvalue weighted by Crippen LogP contribution is -2.38. The van der Waals surface area contributed by atoms with Gasteiger partial charge < -0.3 is 10.5 Å². The standard InChI is InChI=1S/C16H20N2O2/c1-16(2,3)20-15(19)13(17)9-11-6-7-12-5-4-8-18-14(12)10-11/h4-8,10,13H,9,17H2,1-3H3/t13-/m0/s1. The van der Waals surface area contributed by atoms with E-state index in [1.54, 1.807) is 6.20 Å². The third-order valence-electron chi connectivity index (χ3n) is 2.84. The molecule has 4 nitrogen and oxygen atoms in total. The van der Waals surface area contributed by atoms with Crippen LogP contribution in [0.4, 0.5) is 0 Å². The molecule has 0 saturated carbocycles. The lowest BCUT2D eigenvalue weighted by molar-refractivity contribution is -0.156. The number of hydrogen-bond acceptors (Lipinski definition) is 4. The highest BCUT2D eigenvalue weighted by Gasteiger charge is 2.22. The number of aromatic nitrogens is 1. The van der Waals surface area contributed by atoms with Gasteiger partial charge >= 0.3 is 5.97 Å². The first-order valence-electron chi connectivity index (χ1n) is 6.67. The molecule has 0 aliphatic rings. The molecule has 0 aliphatic carbocycles. The lowest BCUT2D eigenvalue weighted by atomic mass is 10.0. The van der Waals surface area contributed by atoms with E-state index in [0.717, 1.165) is 16.5 Å². The minimum atomic E-state index is -0.657. The molecular formula is C16H20N2O2. The maximum Gasteiger partial charge on any atom is 0.323 e. The van der Waals surface area contributed by atoms with Gasteiger partial charge in [-0.05, 0) is 44.9 Å². The van der Waals surface area contributed by atoms with E-state index in [-0.39, 0.29) is 5.97 Å². The zero-order valence-corrected chi connectivity index (χ0v) is 12.1. The number of hydrogen-bond donors (Lipinski definition) is 1. The molecule has 0 amide bonds. The molecule has 1 heterocycles. The summed E-state index contributed by atoms with van der Waals surface area (Å²) in [6.45, 7) is 5.49. The molecule has 0 saturated heterocycles. The largest absolute Gasteiger partial charge is 0.459 e. The van der Waals surface area contributed by atoms with E-state index in [2.05, 4.69) is 4.98 Å². The Kier molecular flexibility index (Phi) is 4.04. The third-order valence-corrected chi connectivity index (χ3v) is 2.84. The third kappa shape index (κ3) is 3.78. The van der Waals surface area contributed by atoms with Crippen LogP contribution in [0.2, 0.25) is 0 Å². The Balaban J connectivity index is 2.09. The number of rotatable bonds is 3. The highest BCUT2D eigenvalue weighted by atomic mass is 16.6. The molecule has 0 fully saturated rings. The minimum Gasteiger partial charge on any atom is -0.459 e. The molecule has 20 heavy (non-hydrogen) atoms. The van der Waals surface area contributed by atoms with E-state index < -0.39 is 11.6 Å². The molecule has 0 spiro atoms. The van der Waals surface area contributed by atoms with Gasteiger partial charge in [0.25, 0.3) is 0 Å². The molecule has 0 bridgehead atoms. The Bertz CT molecular complexity index is 617. The molecule has 0 radical (unpaired) electrons. The van der Waals surface area contributed by atoms with Crippen LogP contribution in [0.5, 0.6) is 0 Å². The average Bonchev–Trinajstić information content (AvgIpc) is 2.36. The van der Waals surface area contributed by atoms with Crippen LogP contribution in [0.3, 0.4) is 0 Å². The van der Waals surface area contributed by atoms with Crippen LogP contribution in [0, 0.1) is 0 Å². The van der Waals surface area contributed by atoms with Gasteiger partial charge in [-0.3, -0.25) is 9.78 Å². The summed E-state index contributed by atoms with van der Waals surface area (Å²) in [7, 11) is 0. The van der Waals surface area contributed by atoms with Gasteiger partial charge in [-0.25, -0.2) is 0 Å². The molecule has 0 aliphatic heterocycles. The van der Waals surface area contributed by atoms with Gasteiger partial charge in [0.2, 0.25) is 0 Å². The van der Waals surface area contributed by atoms with Crippen LogP contribution in [0.25, 0.3) is 10.9 Å². The Morgan fingerprint density at radius 3 is 2.80 bits per heavy atom. The number of carbonyl (C=O) groups is 1. The second-order valence-electron chi connectivity index (χ2n) is 5.87. The van der Waals surface area contributed by atoms with Gasteiger partial charge in [0.1, 0.15) is 11.6 Å². The van der Waals surface area contributed by atoms with Crippen LogP contribution in [0.1, 0.15) is 26.3 Å². The number of ether oxygens (including phenoxy) is 1. The van der Waals surface area contributed by atoms with Crippen molar-refractivity contribution in [3.8, 4) is 0 Å². The summed E-state index contributed by atoms with van der Waals surface area (Å²) < 4.78 is 5.28. The van der Waals surface area contributed by atoms with Crippen molar-refractivity contribution < 1.29 is 9.53 Å². The first kappa shape index (κ1) is 14.5. The monoisotopic (exact) mass is 272 g/mol. The van der Waals surface area contributed by atoms with Gasteiger partial charge in [0.15, 0.2) is 0 Å². The number of carbonyl (C=O) groups excluding carboxylic acids is 1. The molecular weight excluding hydrogens is 252 g/mol. The number of pyridine rings is 1. The molecule has 1 atom stereocenters. The van der Waals surface area contributed by atoms with Gasteiger partial charge in [0.05, 0.1) is 5.52 Å². The second-order valence-corrected chi connectivity index (χ2v) is 5.87. The average molecular weight is 272 g/mol. The summed E-state index contributed by atoms with van der Waals surface area (Å²) in [4.78, 5) is 16.2. The Hall–Kier alpha value is -1.94. The number of esters is 1. The first-order valence-corrected chi connectivity index (χ1v) is 6.67. The Labute approximate surface area is 119 Å². The van der Waals surface area contributed by atoms with Crippen molar-refractivity contribution in [3.05, 3.63) is 42.1 Å². The normalized spacial score (nSPS) is 13.2. The molecule has 2 N–H and O–H groups in total. The lowest BCUT2D eigenvalue weighted by Gasteiger charge is -2.22. The number of fused-ring (bicyclic) bond motifs is 1. The SMILES string of the molecule is CC(C)(C)OC(=O)[C@@H](N)Cc1ccc2cccnc2c1. The highest BCUT2D eigenvalue weighted by molar-refractivity contribution is 5.80. The molecule has 4 heteroatoms. The summed E-state index contributed by atoms with van der Waals surface area (Å²) in [5.74, 6) is -0.376. The fourth-order valence-electron chi connectivity index (χ4n) is 1.95. The molecule has 1 aromatic carbocycles. The van der Waals surface area contributed by atoms with E-state index in [4.69, 9.17) is 10.5 Å². The second kappa shape index (κ2) is 5.59. The van der Waals surface area contributed by atoms with E-state index >= 15 is 0 Å². The fourth-order valence-corrected chi connectivity index (χ4v) is 1.95. The van der Waals surface area contributed by atoms with Gasteiger partial charge in [-0.15, -0.1) is 0 Å². The van der Waals surface area contributed by atoms with Crippen molar-refractivity contribution in [1.82, 2.24) is 4.98 Å². The van der Waals surface area contributed by atoms with Crippen molar-refractivity contribution >= 4 is 16.9 Å². The topological polar surface area (TPSA) is 65.2 Å². The van der Waals surface area contributed by atoms with Crippen molar-refractivity contribution in [2.45, 2.75) is 38.8 Å². The smallest absolute Gasteiger partial charge is 0.323 e. The molecule has 106 valence electrons. The summed E-state index contributed by atoms with van der Waals surface area (Å²) in [6, 6.07) is 9.15. The Morgan fingerprint density at radius 1 is 1.35 bits per heavy atom. The zero-order valence-electron chi connectivity index (χ0n) is 12.1. The molecule has 2 aromatic rings. The van der Waals surface area contributed by atoms with Crippen molar-refractivity contribution in [2.75, 3.05) is 0 Å². The Morgan fingerprint density at radius 2 is 2.10 bits per heavy atom. The van der Waals surface area contributed by atoms with Crippen LogP contribution in [0.15, 0.2) is 36.5 Å². The quantitative estimate of drug-likeness (QED) is 0.872. The zero-order chi connectivity index (χ0) is 14.8. The molecule has 0 unspecified atom stereocenters. The molecule has 1 aromatic heterocycles. The minimum absolute atomic E-state index is 0.376. The van der Waals surface area contributed by atoms with E-state index in [1.165, 1.54) is 0 Å². The van der Waals surface area contributed by atoms with Gasteiger partial charge in [-0.1, -0.05) is 18.2 Å². The van der Waals surface area contributed by atoms with Crippen molar-refractivity contribution in [1.29, 1.82) is 0 Å². The number of benzene rings is 1. The van der Waals surface area contributed by atoms with Crippen LogP contribution in [-0.2, 0) is 16.0 Å². The van der Waals surface area contributed by atoms with Crippen LogP contribution < -0.4 is 5.73 Å². The van der Waals surface area contributed by atoms with Crippen molar-refractivity contribution in [3.63, 3.8) is 0 Å². The van der Waals surface area contributed by atoms with E-state index in [0.29, 0.717) is 6.42 Å². The van der Waals surface area contributed by atoms with Crippen molar-refractivity contribution in [2.24, 2.45) is 5.73 Å². The van der Waals surface area contributed by atoms with Gasteiger partial charge in [-0.2, -0.15) is 0 Å². The van der Waals surface area contributed by atoms with E-state index in [9.17, 15) is 4.79 Å². The van der Waals surface area contributed by atoms with Gasteiger partial charge in [0, 0.05) is 11.6 Å².